The third-order valence-corrected chi connectivity index (χ3v) is 14.0. The Labute approximate surface area is 318 Å². The highest BCUT2D eigenvalue weighted by Gasteiger charge is 2.53. The third kappa shape index (κ3) is 6.76. The summed E-state index contributed by atoms with van der Waals surface area (Å²) in [4.78, 5) is 20.3. The number of pyridine rings is 1. The molecule has 54 heavy (non-hydrogen) atoms. The van der Waals surface area contributed by atoms with Gasteiger partial charge < -0.3 is 20.1 Å². The molecule has 8 rings (SSSR count). The Morgan fingerprint density at radius 1 is 1.06 bits per heavy atom. The molecule has 1 spiro atoms. The van der Waals surface area contributed by atoms with E-state index in [1.165, 1.54) is 23.6 Å². The number of aryl methyl sites for hydroxylation is 3. The lowest BCUT2D eigenvalue weighted by molar-refractivity contribution is -0.147. The van der Waals surface area contributed by atoms with Gasteiger partial charge in [-0.3, -0.25) is 4.79 Å². The Morgan fingerprint density at radius 3 is 2.48 bits per heavy atom. The van der Waals surface area contributed by atoms with Crippen LogP contribution in [0, 0.1) is 26.2 Å². The van der Waals surface area contributed by atoms with Crippen LogP contribution in [0.5, 0.6) is 5.88 Å². The lowest BCUT2D eigenvalue weighted by Crippen LogP contribution is -2.38. The van der Waals surface area contributed by atoms with E-state index in [2.05, 4.69) is 27.5 Å². The maximum absolute atomic E-state index is 14.6. The largest absolute Gasteiger partial charge is 0.481 e. The molecule has 0 radical (unpaired) electrons. The van der Waals surface area contributed by atoms with Crippen molar-refractivity contribution in [3.63, 3.8) is 0 Å². The minimum absolute atomic E-state index is 0.0832. The number of aliphatic carboxylic acids is 1. The molecule has 0 bridgehead atoms. The standard InChI is InChI=1S/C41H53N7O5S/c1-25-10-11-29(35(40(5,6)39(49)50)32-14-15-33-36(28(32)4)44-45-48(33)31-12-13-31)21-30(25)23-47-24-41(16-17-41)53-38-34(54(47,51)52)20-26(2)37(43-38)42-27(3)22-46-18-8-7-9-19-46/h10-11,14-15,20-21,27,31,35H,7-9,12-13,16-19,22-24H2,1-6H3,(H,42,43)(H,49,50). The number of nitrogens with zero attached hydrogens (tertiary/aromatic N) is 6. The predicted molar refractivity (Wildman–Crippen MR) is 208 cm³/mol. The first-order valence-corrected chi connectivity index (χ1v) is 21.0. The number of sulfonamides is 1. The first-order valence-electron chi connectivity index (χ1n) is 19.5. The van der Waals surface area contributed by atoms with Crippen LogP contribution >= 0.6 is 0 Å². The Hall–Kier alpha value is -4.07. The van der Waals surface area contributed by atoms with E-state index in [1.54, 1.807) is 19.9 Å². The average Bonchev–Trinajstić information content (AvgIpc) is 4.06. The summed E-state index contributed by atoms with van der Waals surface area (Å²) >= 11 is 0. The first-order chi connectivity index (χ1) is 25.7. The maximum Gasteiger partial charge on any atom is 0.310 e. The van der Waals surface area contributed by atoms with Crippen LogP contribution in [-0.2, 0) is 21.4 Å². The second-order valence-corrected chi connectivity index (χ2v) is 18.9. The molecular weight excluding hydrogens is 703 g/mol. The van der Waals surface area contributed by atoms with Crippen LogP contribution in [0.2, 0.25) is 0 Å². The zero-order valence-corrected chi connectivity index (χ0v) is 33.2. The number of carbonyl (C=O) groups is 1. The molecule has 2 aliphatic carbocycles. The van der Waals surface area contributed by atoms with Gasteiger partial charge in [0.2, 0.25) is 15.9 Å². The summed E-state index contributed by atoms with van der Waals surface area (Å²) < 4.78 is 39.2. The fourth-order valence-electron chi connectivity index (χ4n) is 8.50. The van der Waals surface area contributed by atoms with Crippen molar-refractivity contribution in [2.45, 2.75) is 122 Å². The number of aromatic nitrogens is 4. The SMILES string of the molecule is Cc1ccc(C(c2ccc3c(nnn3C3CC3)c2C)C(C)(C)C(=O)O)cc1CN1CC2(CC2)Oc2nc(NC(C)CN3CCCCC3)c(C)cc2S1(=O)=O. The molecule has 0 amide bonds. The summed E-state index contributed by atoms with van der Waals surface area (Å²) in [6, 6.07) is 12.2. The number of carboxylic acids is 1. The average molecular weight is 756 g/mol. The Morgan fingerprint density at radius 2 is 1.80 bits per heavy atom. The van der Waals surface area contributed by atoms with Crippen molar-refractivity contribution >= 4 is 32.8 Å². The number of nitrogens with one attached hydrogen (secondary N) is 1. The van der Waals surface area contributed by atoms with Gasteiger partial charge in [0, 0.05) is 25.0 Å². The molecule has 288 valence electrons. The van der Waals surface area contributed by atoms with Gasteiger partial charge in [0.25, 0.3) is 0 Å². The summed E-state index contributed by atoms with van der Waals surface area (Å²) in [5, 5.41) is 23.1. The van der Waals surface area contributed by atoms with E-state index in [4.69, 9.17) is 9.72 Å². The number of piperidine rings is 1. The number of rotatable bonds is 11. The quantitative estimate of drug-likeness (QED) is 0.169. The second-order valence-electron chi connectivity index (χ2n) is 17.0. The molecule has 2 aliphatic heterocycles. The number of benzene rings is 2. The molecule has 1 saturated heterocycles. The van der Waals surface area contributed by atoms with Gasteiger partial charge in [-0.25, -0.2) is 13.1 Å². The number of fused-ring (bicyclic) bond motifs is 2. The summed E-state index contributed by atoms with van der Waals surface area (Å²) in [7, 11) is -4.02. The lowest BCUT2D eigenvalue weighted by atomic mass is 9.69. The van der Waals surface area contributed by atoms with Gasteiger partial charge >= 0.3 is 5.97 Å². The molecule has 2 saturated carbocycles. The molecule has 2 unspecified atom stereocenters. The fourth-order valence-corrected chi connectivity index (χ4v) is 10.1. The van der Waals surface area contributed by atoms with E-state index < -0.39 is 32.9 Å². The fraction of sp³-hybridized carbons (Fsp3) is 0.561. The normalized spacial score (nSPS) is 20.9. The highest BCUT2D eigenvalue weighted by molar-refractivity contribution is 7.89. The van der Waals surface area contributed by atoms with E-state index in [0.29, 0.717) is 11.9 Å². The van der Waals surface area contributed by atoms with Crippen molar-refractivity contribution < 1.29 is 23.1 Å². The van der Waals surface area contributed by atoms with Crippen molar-refractivity contribution in [1.82, 2.24) is 29.2 Å². The number of ether oxygens (including phenoxy) is 1. The van der Waals surface area contributed by atoms with Gasteiger partial charge in [-0.05, 0) is 139 Å². The van der Waals surface area contributed by atoms with Crippen molar-refractivity contribution in [3.05, 3.63) is 69.8 Å². The van der Waals surface area contributed by atoms with Crippen LogP contribution in [-0.4, -0.2) is 86.5 Å². The number of carboxylic acid groups (broad SMARTS) is 1. The summed E-state index contributed by atoms with van der Waals surface area (Å²) in [5.74, 6) is -0.657. The van der Waals surface area contributed by atoms with Crippen LogP contribution in [0.25, 0.3) is 11.0 Å². The minimum atomic E-state index is -4.02. The molecule has 2 aromatic heterocycles. The van der Waals surface area contributed by atoms with Crippen molar-refractivity contribution in [2.75, 3.05) is 31.5 Å². The minimum Gasteiger partial charge on any atom is -0.481 e. The molecule has 4 aliphatic rings. The van der Waals surface area contributed by atoms with E-state index in [9.17, 15) is 18.3 Å². The highest BCUT2D eigenvalue weighted by atomic mass is 32.2. The van der Waals surface area contributed by atoms with Gasteiger partial charge in [0.15, 0.2) is 0 Å². The van der Waals surface area contributed by atoms with Gasteiger partial charge in [-0.1, -0.05) is 35.9 Å². The molecule has 12 nitrogen and oxygen atoms in total. The zero-order chi connectivity index (χ0) is 38.2. The van der Waals surface area contributed by atoms with Gasteiger partial charge in [-0.15, -0.1) is 5.10 Å². The van der Waals surface area contributed by atoms with Crippen LogP contribution in [0.4, 0.5) is 5.82 Å². The van der Waals surface area contributed by atoms with Crippen molar-refractivity contribution in [3.8, 4) is 5.88 Å². The molecule has 3 fully saturated rings. The summed E-state index contributed by atoms with van der Waals surface area (Å²) in [5.41, 5.74) is 4.96. The van der Waals surface area contributed by atoms with Gasteiger partial charge in [-0.2, -0.15) is 9.29 Å². The van der Waals surface area contributed by atoms with E-state index >= 15 is 0 Å². The first kappa shape index (κ1) is 36.9. The Kier molecular flexibility index (Phi) is 9.29. The Balaban J connectivity index is 1.12. The van der Waals surface area contributed by atoms with E-state index in [-0.39, 0.29) is 29.9 Å². The molecular formula is C41H53N7O5S. The van der Waals surface area contributed by atoms with Crippen LogP contribution in [0.15, 0.2) is 41.3 Å². The summed E-state index contributed by atoms with van der Waals surface area (Å²) in [6.07, 6.45) is 7.37. The van der Waals surface area contributed by atoms with Crippen LogP contribution in [0.3, 0.4) is 0 Å². The third-order valence-electron chi connectivity index (χ3n) is 12.2. The number of likely N-dealkylation sites (tertiary alicyclic amines) is 1. The smallest absolute Gasteiger partial charge is 0.310 e. The molecule has 13 heteroatoms. The molecule has 2 atom stereocenters. The van der Waals surface area contributed by atoms with Crippen LogP contribution < -0.4 is 10.1 Å². The molecule has 2 N–H and O–H groups in total. The molecule has 2 aromatic carbocycles. The Bertz CT molecular complexity index is 2220. The monoisotopic (exact) mass is 755 g/mol. The number of hydrogen-bond donors (Lipinski definition) is 2. The highest BCUT2D eigenvalue weighted by Crippen LogP contribution is 2.48. The van der Waals surface area contributed by atoms with Crippen molar-refractivity contribution in [2.24, 2.45) is 5.41 Å². The number of anilines is 1. The van der Waals surface area contributed by atoms with Crippen LogP contribution in [0.1, 0.15) is 111 Å². The second kappa shape index (κ2) is 13.6. The van der Waals surface area contributed by atoms with E-state index in [1.807, 2.05) is 55.8 Å². The topological polar surface area (TPSA) is 143 Å². The van der Waals surface area contributed by atoms with Crippen molar-refractivity contribution in [1.29, 1.82) is 0 Å². The van der Waals surface area contributed by atoms with Gasteiger partial charge in [0.1, 0.15) is 21.8 Å². The number of hydrogen-bond acceptors (Lipinski definition) is 9. The van der Waals surface area contributed by atoms with E-state index in [0.717, 1.165) is 89.7 Å². The molecule has 4 aromatic rings. The zero-order valence-electron chi connectivity index (χ0n) is 32.4. The maximum atomic E-state index is 14.6. The predicted octanol–water partition coefficient (Wildman–Crippen LogP) is 6.73. The molecule has 4 heterocycles. The van der Waals surface area contributed by atoms with Gasteiger partial charge in [0.05, 0.1) is 23.5 Å². The summed E-state index contributed by atoms with van der Waals surface area (Å²) in [6.45, 7) is 14.9. The lowest BCUT2D eigenvalue weighted by Gasteiger charge is -2.33.